The van der Waals surface area contributed by atoms with Gasteiger partial charge < -0.3 is 10.2 Å². The molecule has 0 aliphatic carbocycles. The molecule has 2 amide bonds. The maximum absolute atomic E-state index is 13.7. The molecule has 0 saturated heterocycles. The summed E-state index contributed by atoms with van der Waals surface area (Å²) in [4.78, 5) is 39.8. The van der Waals surface area contributed by atoms with E-state index in [1.165, 1.54) is 24.0 Å². The molecular weight excluding hydrogens is 525 g/mol. The number of rotatable bonds is 12. The number of nitrogens with zero attached hydrogens (tertiary/aromatic N) is 2. The third-order valence-electron chi connectivity index (χ3n) is 5.55. The number of benzene rings is 2. The van der Waals surface area contributed by atoms with Gasteiger partial charge in [-0.1, -0.05) is 55.2 Å². The highest BCUT2D eigenvalue weighted by molar-refractivity contribution is 7.92. The smallest absolute Gasteiger partial charge is 0.244 e. The highest BCUT2D eigenvalue weighted by Crippen LogP contribution is 2.28. The van der Waals surface area contributed by atoms with Gasteiger partial charge in [0.05, 0.1) is 11.9 Å². The van der Waals surface area contributed by atoms with Crippen LogP contribution in [0.15, 0.2) is 42.5 Å². The van der Waals surface area contributed by atoms with Gasteiger partial charge in [0.2, 0.25) is 21.8 Å². The van der Waals surface area contributed by atoms with Gasteiger partial charge in [-0.3, -0.25) is 18.7 Å². The quantitative estimate of drug-likeness (QED) is 0.393. The van der Waals surface area contributed by atoms with Crippen molar-refractivity contribution in [1.29, 1.82) is 0 Å². The zero-order valence-corrected chi connectivity index (χ0v) is 23.1. The molecule has 0 fully saturated rings. The van der Waals surface area contributed by atoms with E-state index in [0.29, 0.717) is 34.1 Å². The Morgan fingerprint density at radius 3 is 2.17 bits per heavy atom. The van der Waals surface area contributed by atoms with Crippen molar-refractivity contribution >= 4 is 56.5 Å². The molecule has 0 aliphatic heterocycles. The van der Waals surface area contributed by atoms with Crippen LogP contribution < -0.4 is 9.62 Å². The minimum Gasteiger partial charge on any atom is -0.354 e. The van der Waals surface area contributed by atoms with Crippen LogP contribution >= 0.6 is 23.2 Å². The van der Waals surface area contributed by atoms with E-state index in [-0.39, 0.29) is 30.3 Å². The van der Waals surface area contributed by atoms with Crippen molar-refractivity contribution in [3.63, 3.8) is 0 Å². The molecule has 0 heterocycles. The summed E-state index contributed by atoms with van der Waals surface area (Å²) < 4.78 is 26.3. The summed E-state index contributed by atoms with van der Waals surface area (Å²) in [6.45, 7) is 4.78. The highest BCUT2D eigenvalue weighted by Gasteiger charge is 2.32. The van der Waals surface area contributed by atoms with Crippen LogP contribution in [0.2, 0.25) is 10.0 Å². The lowest BCUT2D eigenvalue weighted by atomic mass is 10.1. The van der Waals surface area contributed by atoms with Crippen LogP contribution in [0.3, 0.4) is 0 Å². The van der Waals surface area contributed by atoms with E-state index in [9.17, 15) is 22.8 Å². The van der Waals surface area contributed by atoms with Gasteiger partial charge in [0.1, 0.15) is 12.6 Å². The van der Waals surface area contributed by atoms with E-state index in [4.69, 9.17) is 23.2 Å². The van der Waals surface area contributed by atoms with Crippen LogP contribution in [0.5, 0.6) is 0 Å². The summed E-state index contributed by atoms with van der Waals surface area (Å²) in [5, 5.41) is 3.44. The molecule has 0 bridgehead atoms. The number of ketones is 1. The van der Waals surface area contributed by atoms with Crippen LogP contribution in [-0.4, -0.2) is 56.3 Å². The lowest BCUT2D eigenvalue weighted by Crippen LogP contribution is -2.52. The summed E-state index contributed by atoms with van der Waals surface area (Å²) in [5.41, 5.74) is 0.914. The molecule has 0 aliphatic rings. The third kappa shape index (κ3) is 7.69. The van der Waals surface area contributed by atoms with E-state index < -0.39 is 28.5 Å². The van der Waals surface area contributed by atoms with Crippen molar-refractivity contribution in [3.8, 4) is 0 Å². The molecule has 36 heavy (non-hydrogen) atoms. The first kappa shape index (κ1) is 29.6. The maximum Gasteiger partial charge on any atom is 0.244 e. The van der Waals surface area contributed by atoms with Gasteiger partial charge in [0, 0.05) is 34.3 Å². The topological polar surface area (TPSA) is 104 Å². The SMILES string of the molecule is CCCNC(=O)C(CC)N(Cc1c(Cl)cccc1Cl)C(=O)CN(c1cccc(C(C)=O)c1)S(C)(=O)=O. The van der Waals surface area contributed by atoms with Gasteiger partial charge in [0.15, 0.2) is 5.78 Å². The van der Waals surface area contributed by atoms with Crippen molar-refractivity contribution < 1.29 is 22.8 Å². The maximum atomic E-state index is 13.7. The molecule has 0 saturated carbocycles. The predicted molar refractivity (Wildman–Crippen MR) is 143 cm³/mol. The molecule has 1 N–H and O–H groups in total. The summed E-state index contributed by atoms with van der Waals surface area (Å²) in [6.07, 6.45) is 1.96. The average molecular weight is 557 g/mol. The second kappa shape index (κ2) is 13.1. The first-order valence-corrected chi connectivity index (χ1v) is 14.1. The number of anilines is 1. The van der Waals surface area contributed by atoms with E-state index in [2.05, 4.69) is 5.32 Å². The van der Waals surface area contributed by atoms with Crippen LogP contribution in [0.25, 0.3) is 0 Å². The number of hydrogen-bond donors (Lipinski definition) is 1. The molecule has 0 spiro atoms. The number of sulfonamides is 1. The molecule has 11 heteroatoms. The molecule has 0 aromatic heterocycles. The number of carbonyl (C=O) groups excluding carboxylic acids is 3. The molecule has 2 aromatic rings. The first-order chi connectivity index (χ1) is 16.9. The van der Waals surface area contributed by atoms with Crippen LogP contribution in [-0.2, 0) is 26.2 Å². The van der Waals surface area contributed by atoms with Gasteiger partial charge in [-0.2, -0.15) is 0 Å². The molecule has 0 radical (unpaired) electrons. The fourth-order valence-corrected chi connectivity index (χ4v) is 4.99. The normalized spacial score (nSPS) is 12.1. The van der Waals surface area contributed by atoms with Crippen molar-refractivity contribution in [3.05, 3.63) is 63.6 Å². The van der Waals surface area contributed by atoms with Gasteiger partial charge >= 0.3 is 0 Å². The van der Waals surface area contributed by atoms with Gasteiger partial charge in [-0.05, 0) is 44.0 Å². The summed E-state index contributed by atoms with van der Waals surface area (Å²) in [5.74, 6) is -1.23. The predicted octanol–water partition coefficient (Wildman–Crippen LogP) is 4.30. The molecule has 196 valence electrons. The first-order valence-electron chi connectivity index (χ1n) is 11.5. The van der Waals surface area contributed by atoms with Crippen LogP contribution in [0.4, 0.5) is 5.69 Å². The number of halogens is 2. The van der Waals surface area contributed by atoms with Crippen molar-refractivity contribution in [1.82, 2.24) is 10.2 Å². The Morgan fingerprint density at radius 2 is 1.64 bits per heavy atom. The van der Waals surface area contributed by atoms with Crippen molar-refractivity contribution in [2.75, 3.05) is 23.7 Å². The Balaban J connectivity index is 2.52. The Bertz CT molecular complexity index is 1200. The van der Waals surface area contributed by atoms with Gasteiger partial charge in [-0.25, -0.2) is 8.42 Å². The Morgan fingerprint density at radius 1 is 1.03 bits per heavy atom. The molecule has 2 aromatic carbocycles. The van der Waals surface area contributed by atoms with Crippen molar-refractivity contribution in [2.45, 2.75) is 46.2 Å². The monoisotopic (exact) mass is 555 g/mol. The Hall–Kier alpha value is -2.62. The molecule has 1 atom stereocenters. The fraction of sp³-hybridized carbons (Fsp3) is 0.400. The minimum absolute atomic E-state index is 0.0967. The van der Waals surface area contributed by atoms with E-state index in [1.807, 2.05) is 6.92 Å². The van der Waals surface area contributed by atoms with Crippen LogP contribution in [0.1, 0.15) is 49.5 Å². The summed E-state index contributed by atoms with van der Waals surface area (Å²) in [6, 6.07) is 10.0. The lowest BCUT2D eigenvalue weighted by molar-refractivity contribution is -0.140. The van der Waals surface area contributed by atoms with E-state index in [0.717, 1.165) is 10.6 Å². The highest BCUT2D eigenvalue weighted by atomic mass is 35.5. The zero-order valence-electron chi connectivity index (χ0n) is 20.8. The number of nitrogens with one attached hydrogen (secondary N) is 1. The largest absolute Gasteiger partial charge is 0.354 e. The average Bonchev–Trinajstić information content (AvgIpc) is 2.81. The second-order valence-electron chi connectivity index (χ2n) is 8.31. The standard InChI is InChI=1S/C25H31Cl2N3O5S/c1-5-13-28-25(33)23(6-2)29(15-20-21(26)11-8-12-22(20)27)24(32)16-30(36(4,34)35)19-10-7-9-18(14-19)17(3)31/h7-12,14,23H,5-6,13,15-16H2,1-4H3,(H,28,33). The zero-order chi connectivity index (χ0) is 27.0. The minimum atomic E-state index is -3.92. The van der Waals surface area contributed by atoms with E-state index in [1.54, 1.807) is 37.3 Å². The van der Waals surface area contributed by atoms with E-state index >= 15 is 0 Å². The van der Waals surface area contributed by atoms with Gasteiger partial charge in [-0.15, -0.1) is 0 Å². The molecule has 2 rings (SSSR count). The number of hydrogen-bond acceptors (Lipinski definition) is 5. The molecule has 8 nitrogen and oxygen atoms in total. The molecule has 1 unspecified atom stereocenters. The summed E-state index contributed by atoms with van der Waals surface area (Å²) in [7, 11) is -3.92. The van der Waals surface area contributed by atoms with Gasteiger partial charge in [0.25, 0.3) is 0 Å². The fourth-order valence-electron chi connectivity index (χ4n) is 3.63. The Kier molecular flexibility index (Phi) is 10.8. The molecular formula is C25H31Cl2N3O5S. The lowest BCUT2D eigenvalue weighted by Gasteiger charge is -2.33. The van der Waals surface area contributed by atoms with Crippen LogP contribution in [0, 0.1) is 0 Å². The number of Topliss-reactive ketones (excluding diaryl/α,β-unsaturated/α-hetero) is 1. The number of carbonyl (C=O) groups is 3. The van der Waals surface area contributed by atoms with Crippen molar-refractivity contribution in [2.24, 2.45) is 0 Å². The summed E-state index contributed by atoms with van der Waals surface area (Å²) >= 11 is 12.7. The third-order valence-corrected chi connectivity index (χ3v) is 7.39. The number of amides is 2. The second-order valence-corrected chi connectivity index (χ2v) is 11.0. The Labute approximate surface area is 222 Å².